The van der Waals surface area contributed by atoms with Gasteiger partial charge in [0.1, 0.15) is 0 Å². The number of carbonyl (C=O) groups excluding carboxylic acids is 3. The highest BCUT2D eigenvalue weighted by Gasteiger charge is 2.39. The topological polar surface area (TPSA) is 84.7 Å². The number of nitriles is 1. The van der Waals surface area contributed by atoms with Gasteiger partial charge >= 0.3 is 6.18 Å². The van der Waals surface area contributed by atoms with Crippen molar-refractivity contribution < 1.29 is 27.6 Å². The molecule has 0 N–H and O–H groups in total. The number of carbonyl (C=O) groups is 3. The Balaban J connectivity index is 1.17. The van der Waals surface area contributed by atoms with Gasteiger partial charge in [0, 0.05) is 42.2 Å². The van der Waals surface area contributed by atoms with Crippen LogP contribution in [-0.4, -0.2) is 66.0 Å². The van der Waals surface area contributed by atoms with E-state index in [2.05, 4.69) is 4.90 Å². The van der Waals surface area contributed by atoms with Crippen LogP contribution in [0.2, 0.25) is 0 Å². The molecule has 2 aromatic rings. The van der Waals surface area contributed by atoms with Gasteiger partial charge in [-0.25, -0.2) is 4.90 Å². The van der Waals surface area contributed by atoms with E-state index in [1.54, 1.807) is 11.8 Å². The van der Waals surface area contributed by atoms with Gasteiger partial charge in [-0.05, 0) is 63.1 Å². The maximum Gasteiger partial charge on any atom is 0.417 e. The van der Waals surface area contributed by atoms with Crippen molar-refractivity contribution in [3.05, 3.63) is 70.8 Å². The predicted molar refractivity (Wildman–Crippen MR) is 155 cm³/mol. The molecule has 11 heteroatoms. The summed E-state index contributed by atoms with van der Waals surface area (Å²) in [7, 11) is 0. The minimum absolute atomic E-state index is 0.159. The molecule has 7 nitrogen and oxygen atoms in total. The lowest BCUT2D eigenvalue weighted by atomic mass is 10.0. The van der Waals surface area contributed by atoms with Gasteiger partial charge in [-0.1, -0.05) is 31.0 Å². The summed E-state index contributed by atoms with van der Waals surface area (Å²) >= 11 is 1.55. The number of alkyl halides is 3. The van der Waals surface area contributed by atoms with Crippen molar-refractivity contribution in [1.82, 2.24) is 9.80 Å². The molecule has 0 aromatic heterocycles. The Bertz CT molecular complexity index is 1380. The van der Waals surface area contributed by atoms with Crippen LogP contribution in [0.5, 0.6) is 0 Å². The van der Waals surface area contributed by atoms with Gasteiger partial charge in [0.2, 0.25) is 5.91 Å². The maximum absolute atomic E-state index is 13.4. The third-order valence-electron chi connectivity index (χ3n) is 7.61. The van der Waals surface area contributed by atoms with Crippen LogP contribution >= 0.6 is 11.8 Å². The smallest absolute Gasteiger partial charge is 0.339 e. The van der Waals surface area contributed by atoms with E-state index in [1.807, 2.05) is 35.2 Å². The largest absolute Gasteiger partial charge is 0.417 e. The minimum atomic E-state index is -4.79. The molecule has 2 heterocycles. The second-order valence-electron chi connectivity index (χ2n) is 10.4. The maximum atomic E-state index is 13.4. The summed E-state index contributed by atoms with van der Waals surface area (Å²) in [5.74, 6) is -0.644. The quantitative estimate of drug-likeness (QED) is 0.189. The lowest BCUT2D eigenvalue weighted by Crippen LogP contribution is -2.49. The zero-order valence-electron chi connectivity index (χ0n) is 23.5. The Kier molecular flexibility index (Phi) is 10.5. The van der Waals surface area contributed by atoms with Crippen molar-refractivity contribution in [2.75, 3.05) is 43.4 Å². The molecular formula is C31H33F3N4O3S. The zero-order chi connectivity index (χ0) is 30.3. The standard InChI is InChI=1S/C31H33F3N4O3S/c1-22-26(30(41)38(29(22)40)24-13-12-23(20-35)27(19-24)31(32,33)34)11-7-2-3-8-14-36-15-17-37(18-16-36)28(39)21-42-25-9-5-4-6-10-25/h4-6,9-10,12-13,19H,2-3,7-8,11,14-18,21H2,1H3. The fraction of sp³-hybridized carbons (Fsp3) is 0.419. The van der Waals surface area contributed by atoms with Crippen LogP contribution in [0.1, 0.15) is 50.2 Å². The number of anilines is 1. The van der Waals surface area contributed by atoms with Crippen LogP contribution in [0, 0.1) is 11.3 Å². The lowest BCUT2D eigenvalue weighted by molar-refractivity contribution is -0.138. The van der Waals surface area contributed by atoms with Gasteiger partial charge in [-0.2, -0.15) is 18.4 Å². The van der Waals surface area contributed by atoms with Crippen molar-refractivity contribution >= 4 is 35.2 Å². The Morgan fingerprint density at radius 2 is 1.64 bits per heavy atom. The Morgan fingerprint density at radius 1 is 0.952 bits per heavy atom. The molecule has 0 atom stereocenters. The van der Waals surface area contributed by atoms with E-state index in [0.29, 0.717) is 30.2 Å². The number of unbranched alkanes of at least 4 members (excludes halogenated alkanes) is 3. The monoisotopic (exact) mass is 598 g/mol. The fourth-order valence-corrected chi connectivity index (χ4v) is 6.00. The van der Waals surface area contributed by atoms with Crippen molar-refractivity contribution in [1.29, 1.82) is 5.26 Å². The summed E-state index contributed by atoms with van der Waals surface area (Å²) in [6.07, 6.45) is -0.970. The second kappa shape index (κ2) is 14.0. The summed E-state index contributed by atoms with van der Waals surface area (Å²) in [5, 5.41) is 9.02. The summed E-state index contributed by atoms with van der Waals surface area (Å²) in [6.45, 7) is 5.57. The number of piperazine rings is 1. The van der Waals surface area contributed by atoms with Gasteiger partial charge in [-0.3, -0.25) is 19.3 Å². The van der Waals surface area contributed by atoms with Gasteiger partial charge < -0.3 is 4.90 Å². The molecule has 1 fully saturated rings. The lowest BCUT2D eigenvalue weighted by Gasteiger charge is -2.34. The SMILES string of the molecule is CC1=C(CCCCCCN2CCN(C(=O)CSc3ccccc3)CC2)C(=O)N(c2ccc(C#N)c(C(F)(F)F)c2)C1=O. The fourth-order valence-electron chi connectivity index (χ4n) is 5.18. The van der Waals surface area contributed by atoms with Crippen molar-refractivity contribution in [3.8, 4) is 6.07 Å². The number of benzene rings is 2. The molecule has 0 spiro atoms. The third-order valence-corrected chi connectivity index (χ3v) is 8.60. The van der Waals surface area contributed by atoms with E-state index in [1.165, 1.54) is 19.1 Å². The number of amides is 3. The number of halogens is 3. The van der Waals surface area contributed by atoms with E-state index >= 15 is 0 Å². The van der Waals surface area contributed by atoms with Crippen molar-refractivity contribution in [2.24, 2.45) is 0 Å². The molecule has 0 bridgehead atoms. The molecule has 42 heavy (non-hydrogen) atoms. The average Bonchev–Trinajstić information content (AvgIpc) is 3.20. The first kappa shape index (κ1) is 31.3. The molecular weight excluding hydrogens is 565 g/mol. The summed E-state index contributed by atoms with van der Waals surface area (Å²) < 4.78 is 40.2. The minimum Gasteiger partial charge on any atom is -0.339 e. The van der Waals surface area contributed by atoms with Gasteiger partial charge in [-0.15, -0.1) is 11.8 Å². The Labute approximate surface area is 247 Å². The van der Waals surface area contributed by atoms with Crippen LogP contribution in [0.3, 0.4) is 0 Å². The predicted octanol–water partition coefficient (Wildman–Crippen LogP) is 5.65. The van der Waals surface area contributed by atoms with Crippen molar-refractivity contribution in [3.63, 3.8) is 0 Å². The van der Waals surface area contributed by atoms with E-state index < -0.39 is 29.1 Å². The Morgan fingerprint density at radius 3 is 2.31 bits per heavy atom. The van der Waals surface area contributed by atoms with E-state index in [9.17, 15) is 27.6 Å². The van der Waals surface area contributed by atoms with Gasteiger partial charge in [0.05, 0.1) is 28.6 Å². The van der Waals surface area contributed by atoms with Crippen LogP contribution in [0.4, 0.5) is 18.9 Å². The van der Waals surface area contributed by atoms with E-state index in [-0.39, 0.29) is 17.2 Å². The molecule has 1 saturated heterocycles. The number of hydrogen-bond donors (Lipinski definition) is 0. The summed E-state index contributed by atoms with van der Waals surface area (Å²) in [6, 6.07) is 14.2. The van der Waals surface area contributed by atoms with Crippen LogP contribution in [0.25, 0.3) is 0 Å². The molecule has 0 saturated carbocycles. The second-order valence-corrected chi connectivity index (χ2v) is 11.4. The number of hydrogen-bond acceptors (Lipinski definition) is 6. The molecule has 0 radical (unpaired) electrons. The number of rotatable bonds is 11. The van der Waals surface area contributed by atoms with Crippen LogP contribution in [-0.2, 0) is 20.6 Å². The number of thioether (sulfide) groups is 1. The van der Waals surface area contributed by atoms with Gasteiger partial charge in [0.15, 0.2) is 0 Å². The molecule has 2 aromatic carbocycles. The highest BCUT2D eigenvalue weighted by atomic mass is 32.2. The molecule has 2 aliphatic heterocycles. The first-order chi connectivity index (χ1) is 20.1. The zero-order valence-corrected chi connectivity index (χ0v) is 24.3. The normalized spacial score (nSPS) is 16.4. The van der Waals surface area contributed by atoms with Crippen LogP contribution < -0.4 is 4.90 Å². The molecule has 222 valence electrons. The van der Waals surface area contributed by atoms with Crippen LogP contribution in [0.15, 0.2) is 64.6 Å². The number of imide groups is 1. The highest BCUT2D eigenvalue weighted by Crippen LogP contribution is 2.37. The number of nitrogens with zero attached hydrogens (tertiary/aromatic N) is 4. The summed E-state index contributed by atoms with van der Waals surface area (Å²) in [5.41, 5.74) is -1.37. The Hall–Kier alpha value is -3.62. The first-order valence-electron chi connectivity index (χ1n) is 14.0. The van der Waals surface area contributed by atoms with E-state index in [0.717, 1.165) is 67.8 Å². The first-order valence-corrected chi connectivity index (χ1v) is 15.0. The third kappa shape index (κ3) is 7.61. The van der Waals surface area contributed by atoms with Crippen molar-refractivity contribution in [2.45, 2.75) is 50.1 Å². The van der Waals surface area contributed by atoms with E-state index in [4.69, 9.17) is 5.26 Å². The molecule has 0 aliphatic carbocycles. The molecule has 2 aliphatic rings. The molecule has 3 amide bonds. The summed E-state index contributed by atoms with van der Waals surface area (Å²) in [4.78, 5) is 44.5. The molecule has 0 unspecified atom stereocenters. The molecule has 4 rings (SSSR count). The average molecular weight is 599 g/mol. The highest BCUT2D eigenvalue weighted by molar-refractivity contribution is 8.00. The van der Waals surface area contributed by atoms with Gasteiger partial charge in [0.25, 0.3) is 11.8 Å².